The Labute approximate surface area is 131 Å². The van der Waals surface area contributed by atoms with E-state index in [4.69, 9.17) is 4.98 Å². The molecule has 0 spiro atoms. The molecule has 0 amide bonds. The number of hydrogen-bond donors (Lipinski definition) is 0. The molecule has 2 aliphatic rings. The largest absolute Gasteiger partial charge is 0.353 e. The molecule has 4 rings (SSSR count). The minimum Gasteiger partial charge on any atom is -0.353 e. The van der Waals surface area contributed by atoms with Crippen LogP contribution in [0.25, 0.3) is 4.96 Å². The maximum absolute atomic E-state index is 4.88. The predicted octanol–water partition coefficient (Wildman–Crippen LogP) is 2.96. The first-order valence-corrected chi connectivity index (χ1v) is 9.25. The van der Waals surface area contributed by atoms with E-state index >= 15 is 0 Å². The number of hydrogen-bond acceptors (Lipinski definition) is 4. The summed E-state index contributed by atoms with van der Waals surface area (Å²) in [6, 6.07) is 1.48. The number of alkyl halides is 1. The van der Waals surface area contributed by atoms with E-state index in [1.54, 1.807) is 11.3 Å². The van der Waals surface area contributed by atoms with E-state index in [1.807, 2.05) is 0 Å². The lowest BCUT2D eigenvalue weighted by atomic mass is 10.1. The monoisotopic (exact) mass is 354 g/mol. The molecule has 2 aliphatic heterocycles. The molecule has 2 aromatic heterocycles. The summed E-state index contributed by atoms with van der Waals surface area (Å²) >= 11 is 5.36. The van der Waals surface area contributed by atoms with Gasteiger partial charge in [-0.25, -0.2) is 4.98 Å². The van der Waals surface area contributed by atoms with Gasteiger partial charge in [0.1, 0.15) is 0 Å². The molecular formula is C14H19BrN4S. The molecule has 20 heavy (non-hydrogen) atoms. The van der Waals surface area contributed by atoms with Crippen molar-refractivity contribution in [3.63, 3.8) is 0 Å². The van der Waals surface area contributed by atoms with Crippen LogP contribution in [0.4, 0.5) is 5.82 Å². The number of halogens is 1. The molecule has 2 saturated heterocycles. The number of fused-ring (bicyclic) bond motifs is 3. The lowest BCUT2D eigenvalue weighted by molar-refractivity contribution is 0.254. The van der Waals surface area contributed by atoms with E-state index in [2.05, 4.69) is 48.8 Å². The molecule has 4 heterocycles. The lowest BCUT2D eigenvalue weighted by Gasteiger charge is -2.26. The molecule has 2 bridgehead atoms. The fourth-order valence-corrected chi connectivity index (χ4v) is 4.95. The molecule has 2 fully saturated rings. The van der Waals surface area contributed by atoms with E-state index in [0.29, 0.717) is 6.04 Å². The summed E-state index contributed by atoms with van der Waals surface area (Å²) in [5.74, 6) is 1.19. The molecule has 0 N–H and O–H groups in total. The molecule has 108 valence electrons. The Morgan fingerprint density at radius 2 is 2.20 bits per heavy atom. The third-order valence-corrected chi connectivity index (χ3v) is 6.20. The summed E-state index contributed by atoms with van der Waals surface area (Å²) in [5.41, 5.74) is 1.29. The maximum atomic E-state index is 4.88. The fraction of sp³-hybridized carbons (Fsp3) is 0.643. The number of aromatic nitrogens is 2. The topological polar surface area (TPSA) is 23.8 Å². The van der Waals surface area contributed by atoms with E-state index < -0.39 is 0 Å². The van der Waals surface area contributed by atoms with Crippen molar-refractivity contribution >= 4 is 38.0 Å². The highest BCUT2D eigenvalue weighted by atomic mass is 79.9. The van der Waals surface area contributed by atoms with Crippen molar-refractivity contribution in [3.05, 3.63) is 17.3 Å². The van der Waals surface area contributed by atoms with Crippen molar-refractivity contribution in [3.8, 4) is 0 Å². The van der Waals surface area contributed by atoms with Crippen molar-refractivity contribution in [2.45, 2.75) is 36.7 Å². The van der Waals surface area contributed by atoms with Crippen LogP contribution in [-0.4, -0.2) is 46.5 Å². The van der Waals surface area contributed by atoms with E-state index in [1.165, 1.54) is 30.8 Å². The number of anilines is 1. The molecule has 4 nitrogen and oxygen atoms in total. The van der Waals surface area contributed by atoms with E-state index in [-0.39, 0.29) is 0 Å². The number of imidazole rings is 1. The second kappa shape index (κ2) is 5.00. The first-order chi connectivity index (χ1) is 9.78. The molecule has 2 atom stereocenters. The third kappa shape index (κ3) is 1.92. The fourth-order valence-electron chi connectivity index (χ4n) is 3.70. The Morgan fingerprint density at radius 1 is 1.35 bits per heavy atom. The minimum atomic E-state index is 0.699. The molecule has 6 heteroatoms. The van der Waals surface area contributed by atoms with Gasteiger partial charge in [-0.2, -0.15) is 0 Å². The number of nitrogens with zero attached hydrogens (tertiary/aromatic N) is 4. The summed E-state index contributed by atoms with van der Waals surface area (Å²) in [4.78, 5) is 11.1. The van der Waals surface area contributed by atoms with E-state index in [0.717, 1.165) is 29.4 Å². The Balaban J connectivity index is 1.70. The van der Waals surface area contributed by atoms with Crippen molar-refractivity contribution in [1.82, 2.24) is 14.3 Å². The van der Waals surface area contributed by atoms with Gasteiger partial charge >= 0.3 is 0 Å². The standard InChI is InChI=1S/C14H19BrN4S/c1-17-10-2-3-11(17)9-18(5-4-10)13-12(8-15)19-6-7-20-14(19)16-13/h6-7,10-11H,2-5,8-9H2,1H3. The highest BCUT2D eigenvalue weighted by Crippen LogP contribution is 2.33. The van der Waals surface area contributed by atoms with Crippen LogP contribution in [0.1, 0.15) is 25.0 Å². The zero-order valence-corrected chi connectivity index (χ0v) is 14.0. The minimum absolute atomic E-state index is 0.699. The average Bonchev–Trinajstić information content (AvgIpc) is 3.04. The van der Waals surface area contributed by atoms with Crippen LogP contribution in [0.15, 0.2) is 11.6 Å². The van der Waals surface area contributed by atoms with Gasteiger partial charge in [0.15, 0.2) is 10.8 Å². The Bertz CT molecular complexity index is 622. The molecular weight excluding hydrogens is 336 g/mol. The second-order valence-corrected chi connectivity index (χ2v) is 7.29. The Kier molecular flexibility index (Phi) is 3.27. The average molecular weight is 355 g/mol. The van der Waals surface area contributed by atoms with Gasteiger partial charge < -0.3 is 4.90 Å². The number of thiazole rings is 1. The normalized spacial score (nSPS) is 27.4. The zero-order chi connectivity index (χ0) is 13.7. The van der Waals surface area contributed by atoms with Crippen LogP contribution in [0.2, 0.25) is 0 Å². The van der Waals surface area contributed by atoms with Gasteiger partial charge in [-0.3, -0.25) is 9.30 Å². The first kappa shape index (κ1) is 13.1. The van der Waals surface area contributed by atoms with Crippen LogP contribution in [-0.2, 0) is 5.33 Å². The molecule has 0 radical (unpaired) electrons. The summed E-state index contributed by atoms with van der Waals surface area (Å²) < 4.78 is 2.22. The van der Waals surface area contributed by atoms with Crippen molar-refractivity contribution in [1.29, 1.82) is 0 Å². The molecule has 2 unspecified atom stereocenters. The summed E-state index contributed by atoms with van der Waals surface area (Å²) in [5, 5.41) is 2.97. The van der Waals surface area contributed by atoms with Crippen molar-refractivity contribution in [2.24, 2.45) is 0 Å². The molecule has 2 aromatic rings. The van der Waals surface area contributed by atoms with Gasteiger partial charge in [0.05, 0.1) is 5.69 Å². The maximum Gasteiger partial charge on any atom is 0.195 e. The first-order valence-electron chi connectivity index (χ1n) is 7.25. The van der Waals surface area contributed by atoms with Gasteiger partial charge in [0.25, 0.3) is 0 Å². The van der Waals surface area contributed by atoms with Crippen LogP contribution in [0.3, 0.4) is 0 Å². The predicted molar refractivity (Wildman–Crippen MR) is 87.1 cm³/mol. The zero-order valence-electron chi connectivity index (χ0n) is 11.6. The lowest BCUT2D eigenvalue weighted by Crippen LogP contribution is -2.37. The Hall–Kier alpha value is -0.590. The molecule has 0 aromatic carbocycles. The summed E-state index contributed by atoms with van der Waals surface area (Å²) in [7, 11) is 2.29. The van der Waals surface area contributed by atoms with Crippen molar-refractivity contribution in [2.75, 3.05) is 25.0 Å². The number of likely N-dealkylation sites (N-methyl/N-ethyl adjacent to an activating group) is 1. The smallest absolute Gasteiger partial charge is 0.195 e. The van der Waals surface area contributed by atoms with Crippen LogP contribution in [0.5, 0.6) is 0 Å². The van der Waals surface area contributed by atoms with Gasteiger partial charge in [-0.15, -0.1) is 11.3 Å². The van der Waals surface area contributed by atoms with Crippen LogP contribution >= 0.6 is 27.3 Å². The van der Waals surface area contributed by atoms with Crippen LogP contribution < -0.4 is 4.90 Å². The SMILES string of the molecule is CN1C2CCC1CN(c1nc3sccn3c1CBr)CC2. The van der Waals surface area contributed by atoms with Gasteiger partial charge in [-0.1, -0.05) is 15.9 Å². The second-order valence-electron chi connectivity index (χ2n) is 5.86. The van der Waals surface area contributed by atoms with E-state index in [9.17, 15) is 0 Å². The third-order valence-electron chi connectivity index (χ3n) is 4.91. The van der Waals surface area contributed by atoms with Gasteiger partial charge in [0.2, 0.25) is 0 Å². The molecule has 0 aliphatic carbocycles. The quantitative estimate of drug-likeness (QED) is 0.774. The Morgan fingerprint density at radius 3 is 3.05 bits per heavy atom. The number of rotatable bonds is 2. The van der Waals surface area contributed by atoms with Gasteiger partial charge in [0, 0.05) is 42.1 Å². The van der Waals surface area contributed by atoms with Crippen LogP contribution in [0, 0.1) is 0 Å². The summed E-state index contributed by atoms with van der Waals surface area (Å²) in [6.45, 7) is 2.26. The highest BCUT2D eigenvalue weighted by molar-refractivity contribution is 9.08. The van der Waals surface area contributed by atoms with Crippen molar-refractivity contribution < 1.29 is 0 Å². The molecule has 0 saturated carbocycles. The van der Waals surface area contributed by atoms with Gasteiger partial charge in [-0.05, 0) is 26.3 Å². The highest BCUT2D eigenvalue weighted by Gasteiger charge is 2.35. The summed E-state index contributed by atoms with van der Waals surface area (Å²) in [6.07, 6.45) is 6.10.